The molecule has 3 rings (SSSR count). The van der Waals surface area contributed by atoms with Crippen molar-refractivity contribution in [3.05, 3.63) is 16.5 Å². The predicted molar refractivity (Wildman–Crippen MR) is 79.6 cm³/mol. The Hall–Kier alpha value is -1.40. The molecular formula is C13H21ClN6. The van der Waals surface area contributed by atoms with Crippen molar-refractivity contribution in [2.45, 2.75) is 40.3 Å². The Kier molecular flexibility index (Phi) is 4.77. The van der Waals surface area contributed by atoms with Crippen molar-refractivity contribution in [3.63, 3.8) is 0 Å². The lowest BCUT2D eigenvalue weighted by molar-refractivity contribution is 0.588. The highest BCUT2D eigenvalue weighted by Crippen LogP contribution is 2.29. The summed E-state index contributed by atoms with van der Waals surface area (Å²) < 4.78 is 3.88. The second-order valence-corrected chi connectivity index (χ2v) is 4.87. The van der Waals surface area contributed by atoms with E-state index in [1.165, 1.54) is 0 Å². The summed E-state index contributed by atoms with van der Waals surface area (Å²) in [7, 11) is 1.92. The van der Waals surface area contributed by atoms with E-state index in [4.69, 9.17) is 11.6 Å². The van der Waals surface area contributed by atoms with Gasteiger partial charge in [0.05, 0.1) is 10.7 Å². The fraction of sp³-hybridized carbons (Fsp3) is 0.615. The van der Waals surface area contributed by atoms with Crippen molar-refractivity contribution in [1.29, 1.82) is 0 Å². The highest BCUT2D eigenvalue weighted by atomic mass is 35.5. The standard InChI is InChI=1S/C11H15ClN6.C2H6/c1-7-14-15-11(17(7)2)10-9(12)8-6-13-4-3-5-18(8)16-10;1-2/h13H,3-6H2,1-2H3;1-2H3. The van der Waals surface area contributed by atoms with Crippen LogP contribution in [0, 0.1) is 6.92 Å². The summed E-state index contributed by atoms with van der Waals surface area (Å²) in [4.78, 5) is 0. The van der Waals surface area contributed by atoms with Crippen molar-refractivity contribution in [1.82, 2.24) is 29.9 Å². The zero-order valence-electron chi connectivity index (χ0n) is 12.4. The van der Waals surface area contributed by atoms with Gasteiger partial charge in [0.25, 0.3) is 0 Å². The van der Waals surface area contributed by atoms with Crippen LogP contribution in [0.2, 0.25) is 5.02 Å². The number of aromatic nitrogens is 5. The van der Waals surface area contributed by atoms with E-state index in [9.17, 15) is 0 Å². The van der Waals surface area contributed by atoms with Crippen LogP contribution in [0.1, 0.15) is 31.8 Å². The topological polar surface area (TPSA) is 60.6 Å². The van der Waals surface area contributed by atoms with Crippen LogP contribution in [0.4, 0.5) is 0 Å². The summed E-state index contributed by atoms with van der Waals surface area (Å²) in [5.41, 5.74) is 1.75. The monoisotopic (exact) mass is 296 g/mol. The maximum Gasteiger partial charge on any atom is 0.185 e. The van der Waals surface area contributed by atoms with Crippen LogP contribution in [0.15, 0.2) is 0 Å². The van der Waals surface area contributed by atoms with Gasteiger partial charge in [-0.15, -0.1) is 10.2 Å². The SMILES string of the molecule is CC.Cc1nnc(-c2nn3c(c2Cl)CNCCC3)n1C. The minimum absolute atomic E-state index is 0.680. The molecule has 2 aromatic heterocycles. The number of halogens is 1. The van der Waals surface area contributed by atoms with Gasteiger partial charge in [-0.2, -0.15) is 5.10 Å². The summed E-state index contributed by atoms with van der Waals surface area (Å²) in [6, 6.07) is 0. The van der Waals surface area contributed by atoms with E-state index in [0.717, 1.165) is 49.1 Å². The molecule has 1 aliphatic heterocycles. The Morgan fingerprint density at radius 1 is 1.25 bits per heavy atom. The van der Waals surface area contributed by atoms with Gasteiger partial charge in [-0.05, 0) is 19.9 Å². The first-order chi connectivity index (χ1) is 9.68. The third-order valence-electron chi connectivity index (χ3n) is 3.31. The molecule has 0 saturated carbocycles. The second kappa shape index (κ2) is 6.37. The summed E-state index contributed by atoms with van der Waals surface area (Å²) >= 11 is 6.43. The number of hydrogen-bond acceptors (Lipinski definition) is 4. The highest BCUT2D eigenvalue weighted by Gasteiger charge is 2.22. The Balaban J connectivity index is 0.000000704. The second-order valence-electron chi connectivity index (χ2n) is 4.49. The first-order valence-corrected chi connectivity index (χ1v) is 7.38. The van der Waals surface area contributed by atoms with E-state index in [2.05, 4.69) is 20.6 Å². The number of rotatable bonds is 1. The lowest BCUT2D eigenvalue weighted by atomic mass is 10.3. The smallest absolute Gasteiger partial charge is 0.185 e. The molecule has 1 N–H and O–H groups in total. The van der Waals surface area contributed by atoms with Crippen LogP contribution in [0.5, 0.6) is 0 Å². The molecule has 3 heterocycles. The van der Waals surface area contributed by atoms with Gasteiger partial charge in [0, 0.05) is 20.1 Å². The fourth-order valence-electron chi connectivity index (χ4n) is 2.15. The van der Waals surface area contributed by atoms with Crippen LogP contribution in [0.3, 0.4) is 0 Å². The van der Waals surface area contributed by atoms with E-state index in [1.54, 1.807) is 0 Å². The van der Waals surface area contributed by atoms with Crippen LogP contribution >= 0.6 is 11.6 Å². The summed E-state index contributed by atoms with van der Waals surface area (Å²) in [5, 5.41) is 16.8. The molecule has 0 unspecified atom stereocenters. The number of aryl methyl sites for hydroxylation is 2. The normalized spacial score (nSPS) is 14.2. The molecule has 2 aromatic rings. The average molecular weight is 297 g/mol. The molecule has 0 fully saturated rings. The molecule has 0 spiro atoms. The molecule has 6 nitrogen and oxygen atoms in total. The first-order valence-electron chi connectivity index (χ1n) is 7.00. The van der Waals surface area contributed by atoms with Crippen molar-refractivity contribution in [3.8, 4) is 11.5 Å². The molecule has 1 aliphatic rings. The van der Waals surface area contributed by atoms with Gasteiger partial charge in [-0.25, -0.2) is 0 Å². The molecule has 7 heteroatoms. The lowest BCUT2D eigenvalue weighted by Crippen LogP contribution is -2.12. The van der Waals surface area contributed by atoms with Gasteiger partial charge in [-0.3, -0.25) is 4.68 Å². The number of hydrogen-bond donors (Lipinski definition) is 1. The molecule has 0 amide bonds. The third kappa shape index (κ3) is 2.58. The van der Waals surface area contributed by atoms with Crippen LogP contribution in [-0.2, 0) is 20.1 Å². The van der Waals surface area contributed by atoms with E-state index < -0.39 is 0 Å². The maximum atomic E-state index is 6.43. The molecular weight excluding hydrogens is 276 g/mol. The van der Waals surface area contributed by atoms with Gasteiger partial charge >= 0.3 is 0 Å². The quantitative estimate of drug-likeness (QED) is 0.876. The van der Waals surface area contributed by atoms with Crippen molar-refractivity contribution in [2.24, 2.45) is 7.05 Å². The molecule has 110 valence electrons. The summed E-state index contributed by atoms with van der Waals surface area (Å²) in [6.07, 6.45) is 1.06. The van der Waals surface area contributed by atoms with Crippen molar-refractivity contribution < 1.29 is 0 Å². The van der Waals surface area contributed by atoms with Gasteiger partial charge in [0.2, 0.25) is 0 Å². The molecule has 0 bridgehead atoms. The number of fused-ring (bicyclic) bond motifs is 1. The zero-order valence-corrected chi connectivity index (χ0v) is 13.2. The van der Waals surface area contributed by atoms with Crippen molar-refractivity contribution in [2.75, 3.05) is 6.54 Å². The van der Waals surface area contributed by atoms with E-state index >= 15 is 0 Å². The minimum Gasteiger partial charge on any atom is -0.313 e. The first kappa shape index (κ1) is 15.0. The van der Waals surface area contributed by atoms with Gasteiger partial charge in [0.15, 0.2) is 5.82 Å². The minimum atomic E-state index is 0.680. The molecule has 20 heavy (non-hydrogen) atoms. The fourth-order valence-corrected chi connectivity index (χ4v) is 2.43. The maximum absolute atomic E-state index is 6.43. The highest BCUT2D eigenvalue weighted by molar-refractivity contribution is 6.33. The number of nitrogens with one attached hydrogen (secondary N) is 1. The van der Waals surface area contributed by atoms with Crippen LogP contribution in [0.25, 0.3) is 11.5 Å². The summed E-state index contributed by atoms with van der Waals surface area (Å²) in [6.45, 7) is 8.55. The zero-order chi connectivity index (χ0) is 14.7. The summed E-state index contributed by atoms with van der Waals surface area (Å²) in [5.74, 6) is 1.57. The Morgan fingerprint density at radius 3 is 2.65 bits per heavy atom. The predicted octanol–water partition coefficient (Wildman–Crippen LogP) is 2.16. The Labute approximate surface area is 124 Å². The third-order valence-corrected chi connectivity index (χ3v) is 3.71. The van der Waals surface area contributed by atoms with Gasteiger partial charge in [-0.1, -0.05) is 25.4 Å². The average Bonchev–Trinajstić information content (AvgIpc) is 2.85. The Bertz CT molecular complexity index is 586. The van der Waals surface area contributed by atoms with Crippen LogP contribution in [-0.4, -0.2) is 31.1 Å². The van der Waals surface area contributed by atoms with Crippen LogP contribution < -0.4 is 5.32 Å². The van der Waals surface area contributed by atoms with E-state index in [0.29, 0.717) is 5.02 Å². The van der Waals surface area contributed by atoms with E-state index in [1.807, 2.05) is 37.1 Å². The lowest BCUT2D eigenvalue weighted by Gasteiger charge is -2.00. The van der Waals surface area contributed by atoms with Gasteiger partial charge < -0.3 is 9.88 Å². The largest absolute Gasteiger partial charge is 0.313 e. The Morgan fingerprint density at radius 2 is 2.00 bits per heavy atom. The molecule has 0 radical (unpaired) electrons. The molecule has 0 saturated heterocycles. The van der Waals surface area contributed by atoms with E-state index in [-0.39, 0.29) is 0 Å². The van der Waals surface area contributed by atoms with Crippen molar-refractivity contribution >= 4 is 11.6 Å². The molecule has 0 atom stereocenters. The van der Waals surface area contributed by atoms with Gasteiger partial charge in [0.1, 0.15) is 11.5 Å². The molecule has 0 aliphatic carbocycles. The number of nitrogens with zero attached hydrogens (tertiary/aromatic N) is 5. The molecule has 0 aromatic carbocycles.